The summed E-state index contributed by atoms with van der Waals surface area (Å²) in [5.74, 6) is 6.14. The fraction of sp³-hybridized carbons (Fsp3) is 0.143. The third-order valence-corrected chi connectivity index (χ3v) is 3.70. The zero-order valence-corrected chi connectivity index (χ0v) is 12.2. The molecule has 0 amide bonds. The van der Waals surface area contributed by atoms with Gasteiger partial charge in [-0.25, -0.2) is 0 Å². The normalized spacial score (nSPS) is 10.2. The highest BCUT2D eigenvalue weighted by Gasteiger charge is 2.17. The Labute approximate surface area is 126 Å². The molecule has 0 unspecified atom stereocenters. The van der Waals surface area contributed by atoms with Crippen molar-refractivity contribution in [2.75, 3.05) is 11.7 Å². The summed E-state index contributed by atoms with van der Waals surface area (Å²) in [6.45, 7) is 0.193. The molecule has 2 aromatic carbocycles. The van der Waals surface area contributed by atoms with Gasteiger partial charge in [0.25, 0.3) is 5.69 Å². The maximum absolute atomic E-state index is 11.0. The van der Waals surface area contributed by atoms with Gasteiger partial charge in [-0.2, -0.15) is 0 Å². The summed E-state index contributed by atoms with van der Waals surface area (Å²) in [7, 11) is 0. The lowest BCUT2D eigenvalue weighted by atomic mass is 10.1. The van der Waals surface area contributed by atoms with Crippen molar-refractivity contribution in [2.45, 2.75) is 11.5 Å². The van der Waals surface area contributed by atoms with Gasteiger partial charge in [-0.1, -0.05) is 24.3 Å². The number of nitro groups is 1. The first-order valence-electron chi connectivity index (χ1n) is 6.16. The Morgan fingerprint density at radius 3 is 2.71 bits per heavy atom. The summed E-state index contributed by atoms with van der Waals surface area (Å²) < 4.78 is 5.75. The molecule has 0 atom stereocenters. The smallest absolute Gasteiger partial charge is 0.294 e. The molecular formula is C14H15N3O3S. The molecule has 7 heteroatoms. The van der Waals surface area contributed by atoms with Gasteiger partial charge in [0, 0.05) is 16.5 Å². The molecule has 0 aliphatic carbocycles. The highest BCUT2D eigenvalue weighted by atomic mass is 32.2. The van der Waals surface area contributed by atoms with E-state index in [4.69, 9.17) is 10.6 Å². The molecule has 110 valence electrons. The van der Waals surface area contributed by atoms with E-state index in [2.05, 4.69) is 5.43 Å². The number of hydrogen-bond donors (Lipinski definition) is 2. The van der Waals surface area contributed by atoms with Crippen molar-refractivity contribution >= 4 is 23.1 Å². The molecule has 2 rings (SSSR count). The fourth-order valence-electron chi connectivity index (χ4n) is 1.92. The molecule has 0 bridgehead atoms. The number of rotatable bonds is 6. The second-order valence-electron chi connectivity index (χ2n) is 4.15. The van der Waals surface area contributed by atoms with Crippen molar-refractivity contribution in [2.24, 2.45) is 5.84 Å². The van der Waals surface area contributed by atoms with Gasteiger partial charge >= 0.3 is 0 Å². The number of ether oxygens (including phenoxy) is 1. The lowest BCUT2D eigenvalue weighted by molar-refractivity contribution is -0.384. The number of para-hydroxylation sites is 2. The van der Waals surface area contributed by atoms with Crippen LogP contribution in [0.2, 0.25) is 0 Å². The second-order valence-corrected chi connectivity index (χ2v) is 5.00. The highest BCUT2D eigenvalue weighted by molar-refractivity contribution is 7.98. The summed E-state index contributed by atoms with van der Waals surface area (Å²) in [4.78, 5) is 11.5. The van der Waals surface area contributed by atoms with Gasteiger partial charge in [0.05, 0.1) is 4.92 Å². The van der Waals surface area contributed by atoms with E-state index in [1.807, 2.05) is 30.5 Å². The van der Waals surface area contributed by atoms with Gasteiger partial charge in [0.2, 0.25) is 0 Å². The molecule has 0 saturated heterocycles. The quantitative estimate of drug-likeness (QED) is 0.369. The summed E-state index contributed by atoms with van der Waals surface area (Å²) in [5.41, 5.74) is 3.21. The summed E-state index contributed by atoms with van der Waals surface area (Å²) in [6.07, 6.45) is 1.96. The average molecular weight is 305 g/mol. The molecule has 0 spiro atoms. The van der Waals surface area contributed by atoms with Gasteiger partial charge in [-0.15, -0.1) is 11.8 Å². The van der Waals surface area contributed by atoms with E-state index in [1.54, 1.807) is 23.9 Å². The minimum Gasteiger partial charge on any atom is -0.488 e. The zero-order chi connectivity index (χ0) is 15.2. The maximum atomic E-state index is 11.0. The van der Waals surface area contributed by atoms with Gasteiger partial charge < -0.3 is 10.2 Å². The fourth-order valence-corrected chi connectivity index (χ4v) is 2.46. The first kappa shape index (κ1) is 15.1. The van der Waals surface area contributed by atoms with E-state index in [-0.39, 0.29) is 18.0 Å². The van der Waals surface area contributed by atoms with Crippen molar-refractivity contribution in [3.05, 3.63) is 58.1 Å². The van der Waals surface area contributed by atoms with Crippen molar-refractivity contribution in [1.82, 2.24) is 0 Å². The molecule has 0 heterocycles. The summed E-state index contributed by atoms with van der Waals surface area (Å²) in [6, 6.07) is 12.4. The molecular weight excluding hydrogens is 290 g/mol. The van der Waals surface area contributed by atoms with Gasteiger partial charge in [-0.05, 0) is 18.4 Å². The molecule has 3 N–H and O–H groups in total. The van der Waals surface area contributed by atoms with E-state index < -0.39 is 4.92 Å². The molecule has 2 aromatic rings. The SMILES string of the molecule is CSc1ccccc1OCc1cccc([N+](=O)[O-])c1NN. The number of nitrogens with two attached hydrogens (primary N) is 1. The van der Waals surface area contributed by atoms with E-state index in [9.17, 15) is 10.1 Å². The van der Waals surface area contributed by atoms with Crippen LogP contribution in [0, 0.1) is 10.1 Å². The minimum atomic E-state index is -0.478. The third kappa shape index (κ3) is 3.45. The standard InChI is InChI=1S/C14H15N3O3S/c1-21-13-8-3-2-7-12(13)20-9-10-5-4-6-11(17(18)19)14(10)16-15/h2-8,16H,9,15H2,1H3. The molecule has 0 aliphatic rings. The Morgan fingerprint density at radius 2 is 2.05 bits per heavy atom. The van der Waals surface area contributed by atoms with Gasteiger partial charge in [-0.3, -0.25) is 16.0 Å². The molecule has 0 saturated carbocycles. The number of nitro benzene ring substituents is 1. The topological polar surface area (TPSA) is 90.4 Å². The Kier molecular flexibility index (Phi) is 5.02. The zero-order valence-electron chi connectivity index (χ0n) is 11.4. The van der Waals surface area contributed by atoms with Crippen LogP contribution in [0.1, 0.15) is 5.56 Å². The van der Waals surface area contributed by atoms with Crippen molar-refractivity contribution < 1.29 is 9.66 Å². The van der Waals surface area contributed by atoms with Crippen LogP contribution in [-0.4, -0.2) is 11.2 Å². The number of hydrogen-bond acceptors (Lipinski definition) is 6. The number of benzene rings is 2. The van der Waals surface area contributed by atoms with Crippen LogP contribution in [0.25, 0.3) is 0 Å². The van der Waals surface area contributed by atoms with Gasteiger partial charge in [0.1, 0.15) is 18.0 Å². The van der Waals surface area contributed by atoms with Crippen LogP contribution < -0.4 is 16.0 Å². The lowest BCUT2D eigenvalue weighted by Crippen LogP contribution is -2.12. The van der Waals surface area contributed by atoms with Crippen molar-refractivity contribution in [3.8, 4) is 5.75 Å². The first-order valence-corrected chi connectivity index (χ1v) is 7.38. The third-order valence-electron chi connectivity index (χ3n) is 2.92. The van der Waals surface area contributed by atoms with Gasteiger partial charge in [0.15, 0.2) is 0 Å². The number of nitrogen functional groups attached to an aromatic ring is 1. The highest BCUT2D eigenvalue weighted by Crippen LogP contribution is 2.31. The number of hydrazine groups is 1. The van der Waals surface area contributed by atoms with E-state index in [0.717, 1.165) is 10.6 Å². The summed E-state index contributed by atoms with van der Waals surface area (Å²) >= 11 is 1.58. The average Bonchev–Trinajstić information content (AvgIpc) is 2.52. The minimum absolute atomic E-state index is 0.0725. The first-order chi connectivity index (χ1) is 10.2. The van der Waals surface area contributed by atoms with Crippen LogP contribution in [0.15, 0.2) is 47.4 Å². The number of thioether (sulfide) groups is 1. The van der Waals surface area contributed by atoms with Crippen LogP contribution in [-0.2, 0) is 6.61 Å². The monoisotopic (exact) mass is 305 g/mol. The Balaban J connectivity index is 2.24. The predicted molar refractivity (Wildman–Crippen MR) is 83.5 cm³/mol. The van der Waals surface area contributed by atoms with Crippen LogP contribution >= 0.6 is 11.8 Å². The van der Waals surface area contributed by atoms with Crippen molar-refractivity contribution in [3.63, 3.8) is 0 Å². The second kappa shape index (κ2) is 6.96. The molecule has 0 fully saturated rings. The number of nitrogens with one attached hydrogen (secondary N) is 1. The van der Waals surface area contributed by atoms with E-state index in [0.29, 0.717) is 5.56 Å². The summed E-state index contributed by atoms with van der Waals surface area (Å²) in [5, 5.41) is 11.0. The molecule has 0 aromatic heterocycles. The molecule has 6 nitrogen and oxygen atoms in total. The van der Waals surface area contributed by atoms with E-state index >= 15 is 0 Å². The van der Waals surface area contributed by atoms with Crippen LogP contribution in [0.4, 0.5) is 11.4 Å². The molecule has 0 aliphatic heterocycles. The number of nitrogens with zero attached hydrogens (tertiary/aromatic N) is 1. The Morgan fingerprint density at radius 1 is 1.29 bits per heavy atom. The molecule has 21 heavy (non-hydrogen) atoms. The van der Waals surface area contributed by atoms with Crippen molar-refractivity contribution in [1.29, 1.82) is 0 Å². The largest absolute Gasteiger partial charge is 0.488 e. The Hall–Kier alpha value is -2.25. The lowest BCUT2D eigenvalue weighted by Gasteiger charge is -2.12. The van der Waals surface area contributed by atoms with Crippen LogP contribution in [0.5, 0.6) is 5.75 Å². The predicted octanol–water partition coefficient (Wildman–Crippen LogP) is 3.18. The van der Waals surface area contributed by atoms with E-state index in [1.165, 1.54) is 6.07 Å². The number of anilines is 1. The van der Waals surface area contributed by atoms with Crippen LogP contribution in [0.3, 0.4) is 0 Å². The Bertz CT molecular complexity index is 649. The molecule has 0 radical (unpaired) electrons. The maximum Gasteiger partial charge on any atom is 0.294 e.